The number of amides is 2. The molecule has 14 heteroatoms. The van der Waals surface area contributed by atoms with Crippen LogP contribution >= 0.6 is 11.6 Å². The summed E-state index contributed by atoms with van der Waals surface area (Å²) in [6.45, 7) is -0.0139. The number of urea groups is 1. The molecule has 1 aliphatic carbocycles. The van der Waals surface area contributed by atoms with Crippen LogP contribution in [0.1, 0.15) is 18.9 Å². The molecule has 3 rings (SSSR count). The third kappa shape index (κ3) is 5.47. The summed E-state index contributed by atoms with van der Waals surface area (Å²) in [5.41, 5.74) is -6.82. The van der Waals surface area contributed by atoms with E-state index in [9.17, 15) is 35.9 Å². The van der Waals surface area contributed by atoms with Gasteiger partial charge in [0.15, 0.2) is 5.41 Å². The lowest BCUT2D eigenvalue weighted by Crippen LogP contribution is -2.56. The number of allylic oxidation sites excluding steroid dienone is 4. The van der Waals surface area contributed by atoms with Gasteiger partial charge in [-0.05, 0) is 37.3 Å². The molecular formula is C23H22ClF6N3O4. The number of hydrogen-bond acceptors (Lipinski definition) is 5. The van der Waals surface area contributed by atoms with Gasteiger partial charge in [0.05, 0.1) is 31.0 Å². The summed E-state index contributed by atoms with van der Waals surface area (Å²) in [6.07, 6.45) is -7.24. The van der Waals surface area contributed by atoms with E-state index in [0.717, 1.165) is 43.5 Å². The highest BCUT2D eigenvalue weighted by Gasteiger charge is 2.67. The molecule has 0 saturated carbocycles. The van der Waals surface area contributed by atoms with Crippen molar-refractivity contribution in [2.75, 3.05) is 32.2 Å². The fraction of sp³-hybridized carbons (Fsp3) is 0.435. The largest absolute Gasteiger partial charge is 0.465 e. The molecule has 2 amide bonds. The zero-order valence-electron chi connectivity index (χ0n) is 19.5. The van der Waals surface area contributed by atoms with Crippen molar-refractivity contribution < 1.29 is 45.4 Å². The van der Waals surface area contributed by atoms with E-state index in [1.54, 1.807) is 0 Å². The number of halogens is 7. The molecule has 0 spiro atoms. The fourth-order valence-corrected chi connectivity index (χ4v) is 4.47. The standard InChI is InChI=1S/C23H22ClF6N3O4/c1-3-37-18(34)20(13-36-2)12-33(19(35)31-16-8-6-14(7-9-16)22(25,26)27)32-17(20)21(23(28,29)30)10-4-5-15(24)11-21/h4-10H,3,11-13H2,1-2H3,(H,31,35). The Hall–Kier alpha value is -3.06. The summed E-state index contributed by atoms with van der Waals surface area (Å²) >= 11 is 5.98. The van der Waals surface area contributed by atoms with Gasteiger partial charge in [0, 0.05) is 24.3 Å². The van der Waals surface area contributed by atoms with Gasteiger partial charge in [-0.3, -0.25) is 4.79 Å². The van der Waals surface area contributed by atoms with Crippen molar-refractivity contribution in [1.29, 1.82) is 0 Å². The van der Waals surface area contributed by atoms with Crippen LogP contribution in [0.5, 0.6) is 0 Å². The number of alkyl halides is 6. The quantitative estimate of drug-likeness (QED) is 0.360. The highest BCUT2D eigenvalue weighted by atomic mass is 35.5. The molecule has 0 radical (unpaired) electrons. The second-order valence-electron chi connectivity index (χ2n) is 8.37. The van der Waals surface area contributed by atoms with Crippen LogP contribution in [0.15, 0.2) is 52.6 Å². The Bertz CT molecular complexity index is 1130. The summed E-state index contributed by atoms with van der Waals surface area (Å²) in [4.78, 5) is 26.1. The highest BCUT2D eigenvalue weighted by molar-refractivity contribution is 6.30. The lowest BCUT2D eigenvalue weighted by atomic mass is 9.66. The molecule has 2 aliphatic rings. The number of methoxy groups -OCH3 is 1. The smallest absolute Gasteiger partial charge is 0.416 e. The van der Waals surface area contributed by atoms with Crippen LogP contribution in [0.25, 0.3) is 0 Å². The number of esters is 1. The molecule has 2 unspecified atom stereocenters. The van der Waals surface area contributed by atoms with Crippen LogP contribution in [0.4, 0.5) is 36.8 Å². The number of hydrazone groups is 1. The van der Waals surface area contributed by atoms with Crippen molar-refractivity contribution in [3.8, 4) is 0 Å². The summed E-state index contributed by atoms with van der Waals surface area (Å²) in [5, 5.41) is 6.65. The van der Waals surface area contributed by atoms with Gasteiger partial charge in [0.25, 0.3) is 0 Å². The molecule has 2 atom stereocenters. The summed E-state index contributed by atoms with van der Waals surface area (Å²) in [6, 6.07) is 2.31. The van der Waals surface area contributed by atoms with Crippen LogP contribution in [-0.2, 0) is 20.4 Å². The first kappa shape index (κ1) is 28.5. The molecule has 1 heterocycles. The van der Waals surface area contributed by atoms with E-state index < -0.39 is 66.0 Å². The Kier molecular flexibility index (Phi) is 7.99. The van der Waals surface area contributed by atoms with E-state index in [2.05, 4.69) is 10.4 Å². The predicted octanol–water partition coefficient (Wildman–Crippen LogP) is 5.74. The molecule has 1 aliphatic heterocycles. The number of rotatable bonds is 6. The monoisotopic (exact) mass is 553 g/mol. The van der Waals surface area contributed by atoms with Crippen LogP contribution in [0.2, 0.25) is 0 Å². The molecule has 0 bridgehead atoms. The number of hydrogen-bond donors (Lipinski definition) is 1. The van der Waals surface area contributed by atoms with Crippen molar-refractivity contribution in [1.82, 2.24) is 5.01 Å². The molecule has 0 saturated heterocycles. The van der Waals surface area contributed by atoms with E-state index >= 15 is 0 Å². The van der Waals surface area contributed by atoms with Gasteiger partial charge in [0.1, 0.15) is 5.41 Å². The van der Waals surface area contributed by atoms with Crippen molar-refractivity contribution >= 4 is 35.0 Å². The fourth-order valence-electron chi connectivity index (χ4n) is 4.19. The zero-order valence-corrected chi connectivity index (χ0v) is 20.3. The number of benzene rings is 1. The number of anilines is 1. The van der Waals surface area contributed by atoms with E-state index in [1.807, 2.05) is 0 Å². The van der Waals surface area contributed by atoms with Gasteiger partial charge in [0.2, 0.25) is 0 Å². The Balaban J connectivity index is 2.07. The molecule has 0 aromatic heterocycles. The van der Waals surface area contributed by atoms with Crippen molar-refractivity contribution in [2.24, 2.45) is 15.9 Å². The second-order valence-corrected chi connectivity index (χ2v) is 8.85. The first-order valence-electron chi connectivity index (χ1n) is 10.8. The Morgan fingerprint density at radius 1 is 1.16 bits per heavy atom. The summed E-state index contributed by atoms with van der Waals surface area (Å²) < 4.78 is 92.6. The minimum Gasteiger partial charge on any atom is -0.465 e. The molecule has 1 aromatic carbocycles. The van der Waals surface area contributed by atoms with Gasteiger partial charge < -0.3 is 14.8 Å². The highest BCUT2D eigenvalue weighted by Crippen LogP contribution is 2.53. The Labute approximate surface area is 212 Å². The number of carbonyl (C=O) groups is 2. The van der Waals surface area contributed by atoms with E-state index in [1.165, 1.54) is 13.0 Å². The number of carbonyl (C=O) groups excluding carboxylic acids is 2. The average molecular weight is 554 g/mol. The second kappa shape index (κ2) is 10.4. The molecule has 0 fully saturated rings. The molecule has 1 aromatic rings. The normalized spacial score (nSPS) is 24.0. The topological polar surface area (TPSA) is 80.2 Å². The molecule has 7 nitrogen and oxygen atoms in total. The Morgan fingerprint density at radius 2 is 1.81 bits per heavy atom. The lowest BCUT2D eigenvalue weighted by Gasteiger charge is -2.40. The minimum absolute atomic E-state index is 0.0794. The third-order valence-electron chi connectivity index (χ3n) is 5.88. The maximum absolute atomic E-state index is 14.6. The van der Waals surface area contributed by atoms with Crippen molar-refractivity contribution in [3.05, 3.63) is 53.1 Å². The van der Waals surface area contributed by atoms with Crippen molar-refractivity contribution in [3.63, 3.8) is 0 Å². The van der Waals surface area contributed by atoms with E-state index in [4.69, 9.17) is 21.1 Å². The molecule has 202 valence electrons. The first-order valence-corrected chi connectivity index (χ1v) is 11.2. The zero-order chi connectivity index (χ0) is 27.6. The van der Waals surface area contributed by atoms with Crippen LogP contribution in [0.3, 0.4) is 0 Å². The molecule has 37 heavy (non-hydrogen) atoms. The lowest BCUT2D eigenvalue weighted by molar-refractivity contribution is -0.184. The predicted molar refractivity (Wildman–Crippen MR) is 122 cm³/mol. The maximum atomic E-state index is 14.6. The van der Waals surface area contributed by atoms with E-state index in [0.29, 0.717) is 5.01 Å². The van der Waals surface area contributed by atoms with Gasteiger partial charge in [-0.2, -0.15) is 31.4 Å². The van der Waals surface area contributed by atoms with E-state index in [-0.39, 0.29) is 17.3 Å². The first-order chi connectivity index (χ1) is 17.2. The molecular weight excluding hydrogens is 532 g/mol. The number of nitrogens with zero attached hydrogens (tertiary/aromatic N) is 2. The van der Waals surface area contributed by atoms with Crippen LogP contribution in [-0.4, -0.2) is 55.8 Å². The van der Waals surface area contributed by atoms with Crippen LogP contribution < -0.4 is 5.32 Å². The third-order valence-corrected chi connectivity index (χ3v) is 6.14. The van der Waals surface area contributed by atoms with Gasteiger partial charge >= 0.3 is 24.4 Å². The summed E-state index contributed by atoms with van der Waals surface area (Å²) in [7, 11) is 1.16. The SMILES string of the molecule is CCOC(=O)C1(COC)CN(C(=O)Nc2ccc(C(F)(F)F)cc2)N=C1C1(C(F)(F)F)C=CC=C(Cl)C1. The number of nitrogens with one attached hydrogen (secondary N) is 1. The number of ether oxygens (including phenoxy) is 2. The maximum Gasteiger partial charge on any atom is 0.416 e. The summed E-state index contributed by atoms with van der Waals surface area (Å²) in [5.74, 6) is -1.09. The van der Waals surface area contributed by atoms with Crippen LogP contribution in [0, 0.1) is 10.8 Å². The van der Waals surface area contributed by atoms with Gasteiger partial charge in [-0.1, -0.05) is 23.8 Å². The van der Waals surface area contributed by atoms with Gasteiger partial charge in [-0.15, -0.1) is 0 Å². The molecule has 1 N–H and O–H groups in total. The van der Waals surface area contributed by atoms with Crippen molar-refractivity contribution in [2.45, 2.75) is 25.7 Å². The average Bonchev–Trinajstić information content (AvgIpc) is 3.20. The van der Waals surface area contributed by atoms with Gasteiger partial charge in [-0.25, -0.2) is 9.80 Å². The Morgan fingerprint density at radius 3 is 2.32 bits per heavy atom. The minimum atomic E-state index is -5.00.